The molecule has 0 aliphatic carbocycles. The number of hydrogen-bond acceptors (Lipinski definition) is 3. The van der Waals surface area contributed by atoms with Crippen molar-refractivity contribution in [2.24, 2.45) is 0 Å². The topological polar surface area (TPSA) is 53.3 Å². The van der Waals surface area contributed by atoms with E-state index in [0.29, 0.717) is 5.58 Å². The maximum absolute atomic E-state index is 10.7. The van der Waals surface area contributed by atoms with Crippen molar-refractivity contribution in [3.8, 4) is 0 Å². The van der Waals surface area contributed by atoms with Gasteiger partial charge in [0, 0.05) is 5.39 Å². The molecular weight excluding hydrogens is 199 g/mol. The number of hydrogen-bond donors (Lipinski definition) is 0. The number of rotatable bonds is 1. The molecule has 0 aliphatic heterocycles. The predicted octanol–water partition coefficient (Wildman–Crippen LogP) is -1.33. The van der Waals surface area contributed by atoms with Gasteiger partial charge in [-0.3, -0.25) is 4.21 Å². The average molecular weight is 204 g/mol. The number of benzene rings is 1. The van der Waals surface area contributed by atoms with Crippen LogP contribution in [0.2, 0.25) is 0 Å². The third-order valence-corrected chi connectivity index (χ3v) is 2.30. The van der Waals surface area contributed by atoms with Gasteiger partial charge in [0.2, 0.25) is 0 Å². The van der Waals surface area contributed by atoms with Crippen molar-refractivity contribution in [1.29, 1.82) is 0 Å². The average Bonchev–Trinajstić information content (AvgIpc) is 2.49. The molecule has 2 aromatic rings. The van der Waals surface area contributed by atoms with Crippen LogP contribution < -0.4 is 29.6 Å². The molecule has 1 aromatic carbocycles. The normalized spacial score (nSPS) is 12.4. The van der Waals surface area contributed by atoms with Crippen LogP contribution in [0.4, 0.5) is 0 Å². The van der Waals surface area contributed by atoms with E-state index in [2.05, 4.69) is 0 Å². The third-order valence-electron chi connectivity index (χ3n) is 1.62. The zero-order valence-corrected chi connectivity index (χ0v) is 9.84. The minimum atomic E-state index is -2.23. The quantitative estimate of drug-likeness (QED) is 0.427. The fourth-order valence-electron chi connectivity index (χ4n) is 1.10. The van der Waals surface area contributed by atoms with Crippen LogP contribution in [0.1, 0.15) is 0 Å². The Morgan fingerprint density at radius 1 is 1.31 bits per heavy atom. The molecule has 0 N–H and O–H groups in total. The molecule has 0 saturated carbocycles. The largest absolute Gasteiger partial charge is 1.00 e. The molecule has 0 radical (unpaired) electrons. The Morgan fingerprint density at radius 2 is 2.08 bits per heavy atom. The van der Waals surface area contributed by atoms with Crippen molar-refractivity contribution in [3.63, 3.8) is 0 Å². The summed E-state index contributed by atoms with van der Waals surface area (Å²) in [6, 6.07) is 6.72. The minimum Gasteiger partial charge on any atom is -0.768 e. The van der Waals surface area contributed by atoms with E-state index in [1.165, 1.54) is 12.3 Å². The van der Waals surface area contributed by atoms with Crippen LogP contribution in [0.25, 0.3) is 11.0 Å². The van der Waals surface area contributed by atoms with Crippen molar-refractivity contribution >= 4 is 22.0 Å². The molecule has 3 nitrogen and oxygen atoms in total. The second kappa shape index (κ2) is 4.39. The summed E-state index contributed by atoms with van der Waals surface area (Å²) in [5.74, 6) is 0. The molecule has 1 unspecified atom stereocenters. The van der Waals surface area contributed by atoms with Gasteiger partial charge in [0.15, 0.2) is 0 Å². The van der Waals surface area contributed by atoms with Crippen LogP contribution in [-0.4, -0.2) is 8.76 Å². The van der Waals surface area contributed by atoms with E-state index in [4.69, 9.17) is 4.42 Å². The molecule has 0 fully saturated rings. The summed E-state index contributed by atoms with van der Waals surface area (Å²) < 4.78 is 26.3. The monoisotopic (exact) mass is 204 g/mol. The summed E-state index contributed by atoms with van der Waals surface area (Å²) in [6.45, 7) is 0. The van der Waals surface area contributed by atoms with Gasteiger partial charge in [-0.25, -0.2) is 0 Å². The Bertz CT molecular complexity index is 438. The smallest absolute Gasteiger partial charge is 0.768 e. The predicted molar refractivity (Wildman–Crippen MR) is 43.4 cm³/mol. The van der Waals surface area contributed by atoms with E-state index in [1.54, 1.807) is 18.2 Å². The van der Waals surface area contributed by atoms with Crippen molar-refractivity contribution in [3.05, 3.63) is 30.5 Å². The van der Waals surface area contributed by atoms with Crippen LogP contribution in [0, 0.1) is 0 Å². The minimum absolute atomic E-state index is 0. The zero-order valence-electron chi connectivity index (χ0n) is 7.02. The van der Waals surface area contributed by atoms with Crippen LogP contribution >= 0.6 is 0 Å². The van der Waals surface area contributed by atoms with Crippen molar-refractivity contribution < 1.29 is 42.7 Å². The fourth-order valence-corrected chi connectivity index (χ4v) is 1.60. The van der Waals surface area contributed by atoms with Gasteiger partial charge in [0.25, 0.3) is 0 Å². The first kappa shape index (κ1) is 10.9. The first-order valence-corrected chi connectivity index (χ1v) is 4.42. The summed E-state index contributed by atoms with van der Waals surface area (Å²) in [5.41, 5.74) is 0.422. The molecule has 0 spiro atoms. The van der Waals surface area contributed by atoms with Gasteiger partial charge in [0.05, 0.1) is 11.2 Å². The second-order valence-corrected chi connectivity index (χ2v) is 3.24. The molecular formula is C8H5NaO3S. The third kappa shape index (κ3) is 2.03. The first-order valence-electron chi connectivity index (χ1n) is 3.34. The molecule has 1 atom stereocenters. The zero-order chi connectivity index (χ0) is 8.55. The van der Waals surface area contributed by atoms with E-state index in [9.17, 15) is 8.76 Å². The summed E-state index contributed by atoms with van der Waals surface area (Å²) in [6.07, 6.45) is 1.47. The summed E-state index contributed by atoms with van der Waals surface area (Å²) >= 11 is -2.23. The van der Waals surface area contributed by atoms with E-state index in [-0.39, 0.29) is 34.5 Å². The Hall–Kier alpha value is -0.130. The molecule has 0 bridgehead atoms. The molecule has 62 valence electrons. The van der Waals surface area contributed by atoms with Gasteiger partial charge in [-0.1, -0.05) is 12.1 Å². The van der Waals surface area contributed by atoms with Gasteiger partial charge < -0.3 is 8.97 Å². The number of fused-ring (bicyclic) bond motifs is 1. The molecule has 0 aliphatic rings. The first-order chi connectivity index (χ1) is 5.79. The molecule has 0 amide bonds. The van der Waals surface area contributed by atoms with Crippen LogP contribution in [0.15, 0.2) is 39.8 Å². The Morgan fingerprint density at radius 3 is 2.77 bits per heavy atom. The van der Waals surface area contributed by atoms with E-state index >= 15 is 0 Å². The molecule has 2 rings (SSSR count). The molecule has 13 heavy (non-hydrogen) atoms. The maximum atomic E-state index is 10.7. The van der Waals surface area contributed by atoms with Gasteiger partial charge in [-0.05, 0) is 23.2 Å². The van der Waals surface area contributed by atoms with Crippen molar-refractivity contribution in [2.45, 2.75) is 4.90 Å². The summed E-state index contributed by atoms with van der Waals surface area (Å²) in [4.78, 5) is 0.206. The van der Waals surface area contributed by atoms with Crippen molar-refractivity contribution in [2.75, 3.05) is 0 Å². The maximum Gasteiger partial charge on any atom is 1.00 e. The SMILES string of the molecule is O=S([O-])c1cccc2ccoc12.[Na+]. The van der Waals surface area contributed by atoms with Crippen LogP contribution in [-0.2, 0) is 11.1 Å². The van der Waals surface area contributed by atoms with E-state index < -0.39 is 11.1 Å². The molecule has 1 aromatic heterocycles. The van der Waals surface area contributed by atoms with Crippen LogP contribution in [0.3, 0.4) is 0 Å². The van der Waals surface area contributed by atoms with E-state index in [1.807, 2.05) is 0 Å². The fraction of sp³-hybridized carbons (Fsp3) is 0. The van der Waals surface area contributed by atoms with Crippen LogP contribution in [0.5, 0.6) is 0 Å². The van der Waals surface area contributed by atoms with Crippen molar-refractivity contribution in [1.82, 2.24) is 0 Å². The Balaban J connectivity index is 0.000000845. The summed E-state index contributed by atoms with van der Waals surface area (Å²) in [7, 11) is 0. The number of para-hydroxylation sites is 1. The van der Waals surface area contributed by atoms with Gasteiger partial charge in [-0.15, -0.1) is 0 Å². The molecule has 1 heterocycles. The summed E-state index contributed by atoms with van der Waals surface area (Å²) in [5, 5.41) is 0.803. The standard InChI is InChI=1S/C8H6O3S.Na/c9-12(10)7-3-1-2-6-4-5-11-8(6)7;/h1-5H,(H,9,10);/q;+1/p-1. The van der Waals surface area contributed by atoms with E-state index in [0.717, 1.165) is 5.39 Å². The molecule has 5 heteroatoms. The van der Waals surface area contributed by atoms with Gasteiger partial charge in [-0.2, -0.15) is 0 Å². The Kier molecular flexibility index (Phi) is 3.70. The second-order valence-electron chi connectivity index (χ2n) is 2.33. The number of furan rings is 1. The Labute approximate surface area is 99.7 Å². The van der Waals surface area contributed by atoms with Gasteiger partial charge >= 0.3 is 29.6 Å². The van der Waals surface area contributed by atoms with Gasteiger partial charge in [0.1, 0.15) is 5.58 Å². The molecule has 0 saturated heterocycles.